The minimum atomic E-state index is -1.45. The first kappa shape index (κ1) is 9.43. The molecule has 11 heavy (non-hydrogen) atoms. The monoisotopic (exact) mass is 327 g/mol. The molecule has 2 N–H and O–H groups in total. The summed E-state index contributed by atoms with van der Waals surface area (Å²) in [6.07, 6.45) is 1.43. The maximum Gasteiger partial charge on any atom is 0.490 e. The Morgan fingerprint density at radius 2 is 2.18 bits per heavy atom. The molecule has 1 aromatic heterocycles. The van der Waals surface area contributed by atoms with E-state index in [1.807, 2.05) is 22.6 Å². The highest BCUT2D eigenvalue weighted by molar-refractivity contribution is 14.1. The van der Waals surface area contributed by atoms with Crippen molar-refractivity contribution in [2.24, 2.45) is 0 Å². The number of hydrogen-bond acceptors (Lipinski definition) is 3. The van der Waals surface area contributed by atoms with E-state index in [2.05, 4.69) is 20.9 Å². The van der Waals surface area contributed by atoms with Crippen molar-refractivity contribution in [1.82, 2.24) is 4.98 Å². The van der Waals surface area contributed by atoms with E-state index in [1.165, 1.54) is 6.20 Å². The van der Waals surface area contributed by atoms with Crippen LogP contribution in [0.4, 0.5) is 0 Å². The number of pyridine rings is 1. The molecule has 0 atom stereocenters. The van der Waals surface area contributed by atoms with E-state index in [0.29, 0.717) is 5.46 Å². The zero-order chi connectivity index (χ0) is 8.43. The lowest BCUT2D eigenvalue weighted by Crippen LogP contribution is -2.30. The van der Waals surface area contributed by atoms with E-state index in [0.717, 1.165) is 8.17 Å². The molecule has 0 amide bonds. The van der Waals surface area contributed by atoms with Crippen molar-refractivity contribution in [3.8, 4) is 0 Å². The van der Waals surface area contributed by atoms with Gasteiger partial charge in [0, 0.05) is 16.1 Å². The molecule has 1 rings (SSSR count). The third-order valence-electron chi connectivity index (χ3n) is 1.12. The summed E-state index contributed by atoms with van der Waals surface area (Å²) >= 11 is 5.27. The van der Waals surface area contributed by atoms with Crippen molar-refractivity contribution in [1.29, 1.82) is 0 Å². The first-order valence-electron chi connectivity index (χ1n) is 2.78. The molecular weight excluding hydrogens is 324 g/mol. The zero-order valence-corrected chi connectivity index (χ0v) is 9.07. The smallest absolute Gasteiger partial charge is 0.423 e. The average Bonchev–Trinajstić information content (AvgIpc) is 1.94. The fourth-order valence-electron chi connectivity index (χ4n) is 0.577. The molecule has 0 aliphatic carbocycles. The fourth-order valence-corrected chi connectivity index (χ4v) is 1.24. The number of aromatic nitrogens is 1. The Morgan fingerprint density at radius 3 is 2.64 bits per heavy atom. The number of nitrogens with zero attached hydrogens (tertiary/aromatic N) is 1. The normalized spacial score (nSPS) is 9.82. The van der Waals surface area contributed by atoms with Crippen LogP contribution in [0.3, 0.4) is 0 Å². The van der Waals surface area contributed by atoms with E-state index in [4.69, 9.17) is 10.0 Å². The Bertz CT molecular complexity index is 271. The minimum absolute atomic E-state index is 0.386. The molecule has 0 unspecified atom stereocenters. The third-order valence-corrected chi connectivity index (χ3v) is 3.32. The van der Waals surface area contributed by atoms with Crippen molar-refractivity contribution < 1.29 is 10.0 Å². The predicted molar refractivity (Wildman–Crippen MR) is 54.5 cm³/mol. The lowest BCUT2D eigenvalue weighted by atomic mass is 9.82. The Morgan fingerprint density at radius 1 is 1.55 bits per heavy atom. The van der Waals surface area contributed by atoms with E-state index < -0.39 is 7.12 Å². The predicted octanol–water partition coefficient (Wildman–Crippen LogP) is 0.128. The largest absolute Gasteiger partial charge is 0.490 e. The molecule has 0 bridgehead atoms. The second-order valence-electron chi connectivity index (χ2n) is 1.91. The van der Waals surface area contributed by atoms with Crippen molar-refractivity contribution in [3.63, 3.8) is 0 Å². The van der Waals surface area contributed by atoms with Crippen molar-refractivity contribution >= 4 is 51.1 Å². The summed E-state index contributed by atoms with van der Waals surface area (Å²) in [6.45, 7) is 0. The van der Waals surface area contributed by atoms with Gasteiger partial charge in [0.1, 0.15) is 3.70 Å². The first-order chi connectivity index (χ1) is 5.11. The second kappa shape index (κ2) is 3.84. The highest BCUT2D eigenvalue weighted by atomic mass is 127. The van der Waals surface area contributed by atoms with Crippen molar-refractivity contribution in [2.75, 3.05) is 0 Å². The molecule has 0 saturated carbocycles. The van der Waals surface area contributed by atoms with Crippen molar-refractivity contribution in [2.45, 2.75) is 0 Å². The van der Waals surface area contributed by atoms with Crippen LogP contribution >= 0.6 is 38.5 Å². The molecule has 3 nitrogen and oxygen atoms in total. The molecule has 1 aromatic rings. The van der Waals surface area contributed by atoms with Crippen LogP contribution in [0, 0.1) is 3.70 Å². The molecule has 0 spiro atoms. The lowest BCUT2D eigenvalue weighted by molar-refractivity contribution is 0.425. The van der Waals surface area contributed by atoms with E-state index in [-0.39, 0.29) is 0 Å². The highest BCUT2D eigenvalue weighted by Gasteiger charge is 2.12. The van der Waals surface area contributed by atoms with Gasteiger partial charge in [-0.2, -0.15) is 0 Å². The van der Waals surface area contributed by atoms with Crippen LogP contribution < -0.4 is 5.46 Å². The zero-order valence-electron chi connectivity index (χ0n) is 5.33. The Kier molecular flexibility index (Phi) is 3.29. The number of rotatable bonds is 1. The molecular formula is C5H4BBrINO2. The van der Waals surface area contributed by atoms with Crippen LogP contribution in [0.1, 0.15) is 0 Å². The van der Waals surface area contributed by atoms with Gasteiger partial charge in [0.15, 0.2) is 0 Å². The van der Waals surface area contributed by atoms with Gasteiger partial charge in [-0.1, -0.05) is 0 Å². The van der Waals surface area contributed by atoms with Crippen LogP contribution in [-0.2, 0) is 0 Å². The van der Waals surface area contributed by atoms with Gasteiger partial charge in [0.25, 0.3) is 0 Å². The lowest BCUT2D eigenvalue weighted by Gasteiger charge is -1.99. The average molecular weight is 328 g/mol. The van der Waals surface area contributed by atoms with Gasteiger partial charge in [-0.25, -0.2) is 4.98 Å². The minimum Gasteiger partial charge on any atom is -0.423 e. The van der Waals surface area contributed by atoms with Crippen LogP contribution in [0.25, 0.3) is 0 Å². The van der Waals surface area contributed by atoms with Crippen LogP contribution in [0.5, 0.6) is 0 Å². The van der Waals surface area contributed by atoms with Gasteiger partial charge in [-0.3, -0.25) is 0 Å². The summed E-state index contributed by atoms with van der Waals surface area (Å²) in [5.74, 6) is 0. The second-order valence-corrected chi connectivity index (χ2v) is 3.79. The van der Waals surface area contributed by atoms with E-state index in [9.17, 15) is 0 Å². The van der Waals surface area contributed by atoms with Crippen LogP contribution in [-0.4, -0.2) is 22.2 Å². The molecule has 0 aliphatic rings. The number of hydrogen-bond donors (Lipinski definition) is 2. The summed E-state index contributed by atoms with van der Waals surface area (Å²) in [7, 11) is -1.45. The van der Waals surface area contributed by atoms with Crippen LogP contribution in [0.2, 0.25) is 0 Å². The van der Waals surface area contributed by atoms with Gasteiger partial charge in [0.2, 0.25) is 0 Å². The number of halogens is 2. The van der Waals surface area contributed by atoms with Gasteiger partial charge in [-0.05, 0) is 44.6 Å². The molecule has 0 fully saturated rings. The summed E-state index contributed by atoms with van der Waals surface area (Å²) in [5, 5.41) is 17.5. The standard InChI is InChI=1S/C5H4BBrINO2/c7-4-1-3(6(10)11)2-9-5(4)8/h1-2,10-11H. The van der Waals surface area contributed by atoms with Gasteiger partial charge >= 0.3 is 7.12 Å². The van der Waals surface area contributed by atoms with E-state index >= 15 is 0 Å². The Labute approximate surface area is 86.3 Å². The Balaban J connectivity index is 3.05. The molecule has 0 aliphatic heterocycles. The summed E-state index contributed by atoms with van der Waals surface area (Å²) in [4.78, 5) is 3.92. The summed E-state index contributed by atoms with van der Waals surface area (Å²) < 4.78 is 1.57. The topological polar surface area (TPSA) is 53.4 Å². The maximum atomic E-state index is 8.73. The maximum absolute atomic E-state index is 8.73. The van der Waals surface area contributed by atoms with Gasteiger partial charge in [0.05, 0.1) is 0 Å². The van der Waals surface area contributed by atoms with E-state index in [1.54, 1.807) is 6.07 Å². The molecule has 0 saturated heterocycles. The Hall–Kier alpha value is 0.345. The first-order valence-corrected chi connectivity index (χ1v) is 4.65. The molecule has 6 heteroatoms. The quantitative estimate of drug-likeness (QED) is 0.438. The van der Waals surface area contributed by atoms with Crippen LogP contribution in [0.15, 0.2) is 16.7 Å². The molecule has 0 aromatic carbocycles. The van der Waals surface area contributed by atoms with Crippen molar-refractivity contribution in [3.05, 3.63) is 20.4 Å². The van der Waals surface area contributed by atoms with Gasteiger partial charge < -0.3 is 10.0 Å². The fraction of sp³-hybridized carbons (Fsp3) is 0. The van der Waals surface area contributed by atoms with Gasteiger partial charge in [-0.15, -0.1) is 0 Å². The third kappa shape index (κ3) is 2.39. The highest BCUT2D eigenvalue weighted by Crippen LogP contribution is 2.13. The summed E-state index contributed by atoms with van der Waals surface area (Å²) in [5.41, 5.74) is 0.386. The molecule has 58 valence electrons. The molecule has 1 heterocycles. The SMILES string of the molecule is OB(O)c1cnc(I)c(Br)c1. The molecule has 0 radical (unpaired) electrons. The summed E-state index contributed by atoms with van der Waals surface area (Å²) in [6, 6.07) is 1.62.